The molecular formula is C17H26FN3O. The molecule has 0 bridgehead atoms. The maximum absolute atomic E-state index is 13.2. The van der Waals surface area contributed by atoms with Crippen LogP contribution in [0.4, 0.5) is 4.39 Å². The van der Waals surface area contributed by atoms with Crippen LogP contribution < -0.4 is 0 Å². The SMILES string of the molecule is CN(C)CCCN1CCN(C(=O)Cc2cccc(F)c2)CC1. The molecule has 122 valence electrons. The van der Waals surface area contributed by atoms with Gasteiger partial charge in [0.15, 0.2) is 0 Å². The zero-order valence-corrected chi connectivity index (χ0v) is 13.6. The molecule has 5 heteroatoms. The average molecular weight is 307 g/mol. The van der Waals surface area contributed by atoms with Crippen molar-refractivity contribution in [1.82, 2.24) is 14.7 Å². The Balaban J connectivity index is 1.73. The fraction of sp³-hybridized carbons (Fsp3) is 0.588. The molecule has 0 aliphatic carbocycles. The Labute approximate surface area is 132 Å². The van der Waals surface area contributed by atoms with E-state index in [1.54, 1.807) is 12.1 Å². The smallest absolute Gasteiger partial charge is 0.227 e. The lowest BCUT2D eigenvalue weighted by Gasteiger charge is -2.35. The first-order valence-electron chi connectivity index (χ1n) is 7.94. The van der Waals surface area contributed by atoms with Gasteiger partial charge in [-0.2, -0.15) is 0 Å². The third-order valence-electron chi connectivity index (χ3n) is 4.05. The molecule has 22 heavy (non-hydrogen) atoms. The summed E-state index contributed by atoms with van der Waals surface area (Å²) in [5.41, 5.74) is 0.749. The predicted octanol–water partition coefficient (Wildman–Crippen LogP) is 1.46. The van der Waals surface area contributed by atoms with Crippen LogP contribution in [0.2, 0.25) is 0 Å². The third kappa shape index (κ3) is 5.39. The number of hydrogen-bond acceptors (Lipinski definition) is 3. The number of piperazine rings is 1. The minimum atomic E-state index is -0.281. The Morgan fingerprint density at radius 1 is 1.23 bits per heavy atom. The highest BCUT2D eigenvalue weighted by Crippen LogP contribution is 2.09. The fourth-order valence-corrected chi connectivity index (χ4v) is 2.76. The maximum atomic E-state index is 13.2. The van der Waals surface area contributed by atoms with Gasteiger partial charge in [0, 0.05) is 26.2 Å². The number of benzene rings is 1. The molecule has 1 saturated heterocycles. The molecule has 0 saturated carbocycles. The molecule has 1 fully saturated rings. The average Bonchev–Trinajstić information content (AvgIpc) is 2.47. The lowest BCUT2D eigenvalue weighted by atomic mass is 10.1. The molecule has 0 unspecified atom stereocenters. The number of hydrogen-bond donors (Lipinski definition) is 0. The number of halogens is 1. The summed E-state index contributed by atoms with van der Waals surface area (Å²) in [6.07, 6.45) is 1.45. The van der Waals surface area contributed by atoms with E-state index < -0.39 is 0 Å². The molecule has 1 aromatic rings. The van der Waals surface area contributed by atoms with Crippen LogP contribution in [0.25, 0.3) is 0 Å². The lowest BCUT2D eigenvalue weighted by molar-refractivity contribution is -0.132. The summed E-state index contributed by atoms with van der Waals surface area (Å²) in [6.45, 7) is 5.60. The third-order valence-corrected chi connectivity index (χ3v) is 4.05. The monoisotopic (exact) mass is 307 g/mol. The molecule has 0 radical (unpaired) electrons. The Morgan fingerprint density at radius 2 is 1.95 bits per heavy atom. The summed E-state index contributed by atoms with van der Waals surface area (Å²) in [5, 5.41) is 0. The van der Waals surface area contributed by atoms with E-state index in [1.165, 1.54) is 12.1 Å². The van der Waals surface area contributed by atoms with Crippen LogP contribution in [0.5, 0.6) is 0 Å². The van der Waals surface area contributed by atoms with Crippen molar-refractivity contribution in [3.63, 3.8) is 0 Å². The van der Waals surface area contributed by atoms with Gasteiger partial charge >= 0.3 is 0 Å². The molecule has 0 N–H and O–H groups in total. The number of carbonyl (C=O) groups is 1. The number of rotatable bonds is 6. The van der Waals surface area contributed by atoms with Crippen LogP contribution in [-0.4, -0.2) is 74.0 Å². The van der Waals surface area contributed by atoms with Crippen molar-refractivity contribution in [1.29, 1.82) is 0 Å². The van der Waals surface area contributed by atoms with Crippen LogP contribution in [0, 0.1) is 5.82 Å². The van der Waals surface area contributed by atoms with Gasteiger partial charge in [-0.3, -0.25) is 9.69 Å². The second-order valence-corrected chi connectivity index (χ2v) is 6.19. The van der Waals surface area contributed by atoms with Crippen molar-refractivity contribution in [2.24, 2.45) is 0 Å². The van der Waals surface area contributed by atoms with E-state index in [-0.39, 0.29) is 11.7 Å². The van der Waals surface area contributed by atoms with Crippen LogP contribution >= 0.6 is 0 Å². The first kappa shape index (κ1) is 16.9. The zero-order valence-electron chi connectivity index (χ0n) is 13.6. The van der Waals surface area contributed by atoms with E-state index in [2.05, 4.69) is 23.9 Å². The highest BCUT2D eigenvalue weighted by Gasteiger charge is 2.20. The van der Waals surface area contributed by atoms with Gasteiger partial charge in [0.2, 0.25) is 5.91 Å². The van der Waals surface area contributed by atoms with Crippen LogP contribution in [0.3, 0.4) is 0 Å². The van der Waals surface area contributed by atoms with Crippen molar-refractivity contribution < 1.29 is 9.18 Å². The van der Waals surface area contributed by atoms with Crippen LogP contribution in [-0.2, 0) is 11.2 Å². The van der Waals surface area contributed by atoms with E-state index in [9.17, 15) is 9.18 Å². The van der Waals surface area contributed by atoms with Gasteiger partial charge in [-0.15, -0.1) is 0 Å². The lowest BCUT2D eigenvalue weighted by Crippen LogP contribution is -2.49. The predicted molar refractivity (Wildman–Crippen MR) is 86.3 cm³/mol. The van der Waals surface area contributed by atoms with Gasteiger partial charge < -0.3 is 9.80 Å². The highest BCUT2D eigenvalue weighted by molar-refractivity contribution is 5.78. The largest absolute Gasteiger partial charge is 0.340 e. The van der Waals surface area contributed by atoms with E-state index >= 15 is 0 Å². The molecule has 0 atom stereocenters. The van der Waals surface area contributed by atoms with E-state index in [0.717, 1.165) is 51.3 Å². The normalized spacial score (nSPS) is 16.3. The van der Waals surface area contributed by atoms with E-state index in [4.69, 9.17) is 0 Å². The minimum absolute atomic E-state index is 0.0959. The summed E-state index contributed by atoms with van der Waals surface area (Å²) in [7, 11) is 4.17. The van der Waals surface area contributed by atoms with Gasteiger partial charge in [-0.25, -0.2) is 4.39 Å². The maximum Gasteiger partial charge on any atom is 0.227 e. The second-order valence-electron chi connectivity index (χ2n) is 6.19. The first-order valence-corrected chi connectivity index (χ1v) is 7.94. The van der Waals surface area contributed by atoms with Gasteiger partial charge in [-0.1, -0.05) is 12.1 Å². The molecule has 1 amide bonds. The van der Waals surface area contributed by atoms with Crippen molar-refractivity contribution in [2.75, 3.05) is 53.4 Å². The first-order chi connectivity index (χ1) is 10.5. The zero-order chi connectivity index (χ0) is 15.9. The summed E-state index contributed by atoms with van der Waals surface area (Å²) in [4.78, 5) is 18.8. The topological polar surface area (TPSA) is 26.8 Å². The molecule has 0 spiro atoms. The van der Waals surface area contributed by atoms with E-state index in [1.807, 2.05) is 4.90 Å². The van der Waals surface area contributed by atoms with E-state index in [0.29, 0.717) is 6.42 Å². The summed E-state index contributed by atoms with van der Waals surface area (Å²) in [5.74, 6) is -0.186. The second kappa shape index (κ2) is 8.25. The molecular weight excluding hydrogens is 281 g/mol. The van der Waals surface area contributed by atoms with Crippen molar-refractivity contribution >= 4 is 5.91 Å². The van der Waals surface area contributed by atoms with Crippen LogP contribution in [0.1, 0.15) is 12.0 Å². The fourth-order valence-electron chi connectivity index (χ4n) is 2.76. The molecule has 1 aliphatic rings. The number of amides is 1. The minimum Gasteiger partial charge on any atom is -0.340 e. The summed E-state index contributed by atoms with van der Waals surface area (Å²) in [6, 6.07) is 6.30. The van der Waals surface area contributed by atoms with Gasteiger partial charge in [0.1, 0.15) is 5.82 Å². The molecule has 1 aliphatic heterocycles. The van der Waals surface area contributed by atoms with Gasteiger partial charge in [0.05, 0.1) is 6.42 Å². The standard InChI is InChI=1S/C17H26FN3O/c1-19(2)7-4-8-20-9-11-21(12-10-20)17(22)14-15-5-3-6-16(18)13-15/h3,5-6,13H,4,7-12,14H2,1-2H3. The van der Waals surface area contributed by atoms with Gasteiger partial charge in [-0.05, 0) is 51.3 Å². The Hall–Kier alpha value is -1.46. The van der Waals surface area contributed by atoms with Crippen molar-refractivity contribution in [2.45, 2.75) is 12.8 Å². The Morgan fingerprint density at radius 3 is 2.59 bits per heavy atom. The van der Waals surface area contributed by atoms with Gasteiger partial charge in [0.25, 0.3) is 0 Å². The highest BCUT2D eigenvalue weighted by atomic mass is 19.1. The number of nitrogens with zero attached hydrogens (tertiary/aromatic N) is 3. The molecule has 4 nitrogen and oxygen atoms in total. The quantitative estimate of drug-likeness (QED) is 0.796. The Kier molecular flexibility index (Phi) is 6.34. The molecule has 1 aromatic carbocycles. The summed E-state index contributed by atoms with van der Waals surface area (Å²) >= 11 is 0. The van der Waals surface area contributed by atoms with Crippen molar-refractivity contribution in [3.8, 4) is 0 Å². The number of carbonyl (C=O) groups excluding carboxylic acids is 1. The molecule has 1 heterocycles. The van der Waals surface area contributed by atoms with Crippen molar-refractivity contribution in [3.05, 3.63) is 35.6 Å². The summed E-state index contributed by atoms with van der Waals surface area (Å²) < 4.78 is 13.2. The molecule has 0 aromatic heterocycles. The van der Waals surface area contributed by atoms with Crippen LogP contribution in [0.15, 0.2) is 24.3 Å². The molecule has 2 rings (SSSR count). The Bertz CT molecular complexity index is 485.